The minimum Gasteiger partial charge on any atom is -0.347 e. The highest BCUT2D eigenvalue weighted by Crippen LogP contribution is 2.20. The van der Waals surface area contributed by atoms with Crippen LogP contribution in [-0.4, -0.2) is 10.9 Å². The molecule has 1 heterocycles. The second-order valence-electron chi connectivity index (χ2n) is 5.04. The van der Waals surface area contributed by atoms with Crippen molar-refractivity contribution < 1.29 is 4.79 Å². The van der Waals surface area contributed by atoms with Crippen LogP contribution in [0.2, 0.25) is 0 Å². The van der Waals surface area contributed by atoms with Gasteiger partial charge in [0.15, 0.2) is 0 Å². The molecule has 0 spiro atoms. The number of pyridine rings is 1. The first-order valence-electron chi connectivity index (χ1n) is 6.20. The Morgan fingerprint density at radius 3 is 2.53 bits per heavy atom. The van der Waals surface area contributed by atoms with Crippen molar-refractivity contribution in [1.29, 1.82) is 0 Å². The summed E-state index contributed by atoms with van der Waals surface area (Å²) in [5, 5.41) is 3.09. The van der Waals surface area contributed by atoms with Gasteiger partial charge in [-0.15, -0.1) is 0 Å². The summed E-state index contributed by atoms with van der Waals surface area (Å²) >= 11 is 0. The number of amides is 1. The molecule has 3 nitrogen and oxygen atoms in total. The lowest BCUT2D eigenvalue weighted by Crippen LogP contribution is -2.43. The van der Waals surface area contributed by atoms with Crippen molar-refractivity contribution in [1.82, 2.24) is 10.3 Å². The highest BCUT2D eigenvalue weighted by Gasteiger charge is 2.24. The van der Waals surface area contributed by atoms with Crippen LogP contribution in [0.5, 0.6) is 0 Å². The zero-order valence-electron chi connectivity index (χ0n) is 11.2. The van der Waals surface area contributed by atoms with Gasteiger partial charge in [-0.05, 0) is 38.0 Å². The van der Waals surface area contributed by atoms with E-state index in [0.29, 0.717) is 0 Å². The Morgan fingerprint density at radius 1 is 1.41 bits per heavy atom. The average molecular weight is 234 g/mol. The molecule has 3 heteroatoms. The summed E-state index contributed by atoms with van der Waals surface area (Å²) in [6.45, 7) is 8.09. The van der Waals surface area contributed by atoms with Crippen molar-refractivity contribution in [2.75, 3.05) is 0 Å². The maximum absolute atomic E-state index is 12.0. The molecule has 0 bridgehead atoms. The van der Waals surface area contributed by atoms with Gasteiger partial charge in [-0.3, -0.25) is 9.78 Å². The molecule has 94 valence electrons. The molecule has 17 heavy (non-hydrogen) atoms. The van der Waals surface area contributed by atoms with Gasteiger partial charge in [0, 0.05) is 18.3 Å². The highest BCUT2D eigenvalue weighted by atomic mass is 16.2. The number of rotatable bonds is 5. The maximum atomic E-state index is 12.0. The van der Waals surface area contributed by atoms with Crippen molar-refractivity contribution in [3.63, 3.8) is 0 Å². The fourth-order valence-electron chi connectivity index (χ4n) is 1.84. The Labute approximate surface area is 104 Å². The molecule has 0 saturated carbocycles. The third kappa shape index (κ3) is 3.84. The molecular formula is C14H22N2O. The summed E-state index contributed by atoms with van der Waals surface area (Å²) < 4.78 is 0. The molecular weight excluding hydrogens is 212 g/mol. The fourth-order valence-corrected chi connectivity index (χ4v) is 1.84. The summed E-state index contributed by atoms with van der Waals surface area (Å²) in [6.07, 6.45) is 5.46. The number of hydrogen-bond donors (Lipinski definition) is 1. The number of carbonyl (C=O) groups excluding carboxylic acids is 1. The van der Waals surface area contributed by atoms with Crippen LogP contribution >= 0.6 is 0 Å². The largest absolute Gasteiger partial charge is 0.347 e. The van der Waals surface area contributed by atoms with Crippen LogP contribution in [0.1, 0.15) is 46.1 Å². The zero-order chi connectivity index (χ0) is 12.9. The Bertz CT molecular complexity index is 360. The standard InChI is InChI=1S/C14H22N2O/c1-5-6-11(2)13(17)16-14(3,4)12-7-9-15-10-8-12/h7-11H,5-6H2,1-4H3,(H,16,17). The summed E-state index contributed by atoms with van der Waals surface area (Å²) in [5.41, 5.74) is 0.728. The van der Waals surface area contributed by atoms with Crippen LogP contribution in [0.4, 0.5) is 0 Å². The Kier molecular flexibility index (Phi) is 4.67. The molecule has 0 saturated heterocycles. The summed E-state index contributed by atoms with van der Waals surface area (Å²) in [5.74, 6) is 0.190. The molecule has 0 aromatic carbocycles. The second kappa shape index (κ2) is 5.80. The molecule has 1 amide bonds. The van der Waals surface area contributed by atoms with Crippen LogP contribution in [0.3, 0.4) is 0 Å². The zero-order valence-corrected chi connectivity index (χ0v) is 11.2. The molecule has 1 rings (SSSR count). The van der Waals surface area contributed by atoms with Gasteiger partial charge in [0.2, 0.25) is 5.91 Å². The Hall–Kier alpha value is -1.38. The lowest BCUT2D eigenvalue weighted by Gasteiger charge is -2.28. The van der Waals surface area contributed by atoms with E-state index in [1.54, 1.807) is 12.4 Å². The quantitative estimate of drug-likeness (QED) is 0.851. The first kappa shape index (κ1) is 13.7. The van der Waals surface area contributed by atoms with Gasteiger partial charge < -0.3 is 5.32 Å². The van der Waals surface area contributed by atoms with E-state index >= 15 is 0 Å². The number of carbonyl (C=O) groups is 1. The lowest BCUT2D eigenvalue weighted by molar-refractivity contribution is -0.126. The fraction of sp³-hybridized carbons (Fsp3) is 0.571. The number of nitrogens with one attached hydrogen (secondary N) is 1. The normalized spacial score (nSPS) is 13.2. The molecule has 0 aliphatic heterocycles. The van der Waals surface area contributed by atoms with E-state index in [1.807, 2.05) is 32.9 Å². The van der Waals surface area contributed by atoms with Crippen LogP contribution in [0, 0.1) is 5.92 Å². The highest BCUT2D eigenvalue weighted by molar-refractivity contribution is 5.79. The van der Waals surface area contributed by atoms with E-state index < -0.39 is 0 Å². The summed E-state index contributed by atoms with van der Waals surface area (Å²) in [4.78, 5) is 16.0. The van der Waals surface area contributed by atoms with Crippen molar-refractivity contribution in [3.8, 4) is 0 Å². The van der Waals surface area contributed by atoms with Crippen molar-refractivity contribution in [2.45, 2.75) is 46.1 Å². The smallest absolute Gasteiger partial charge is 0.223 e. The minimum absolute atomic E-state index is 0.0705. The van der Waals surface area contributed by atoms with Crippen LogP contribution < -0.4 is 5.32 Å². The van der Waals surface area contributed by atoms with E-state index in [4.69, 9.17) is 0 Å². The second-order valence-corrected chi connectivity index (χ2v) is 5.04. The predicted octanol–water partition coefficient (Wildman–Crippen LogP) is 2.87. The van der Waals surface area contributed by atoms with Gasteiger partial charge in [0.25, 0.3) is 0 Å². The lowest BCUT2D eigenvalue weighted by atomic mass is 9.94. The predicted molar refractivity (Wildman–Crippen MR) is 69.5 cm³/mol. The molecule has 1 aromatic heterocycles. The van der Waals surface area contributed by atoms with E-state index in [0.717, 1.165) is 18.4 Å². The third-order valence-corrected chi connectivity index (χ3v) is 3.01. The van der Waals surface area contributed by atoms with Gasteiger partial charge in [0.05, 0.1) is 5.54 Å². The molecule has 0 aliphatic carbocycles. The first-order valence-corrected chi connectivity index (χ1v) is 6.20. The van der Waals surface area contributed by atoms with Crippen molar-refractivity contribution in [3.05, 3.63) is 30.1 Å². The summed E-state index contributed by atoms with van der Waals surface area (Å²) in [6, 6.07) is 3.87. The van der Waals surface area contributed by atoms with E-state index in [9.17, 15) is 4.79 Å². The minimum atomic E-state index is -0.345. The van der Waals surface area contributed by atoms with Gasteiger partial charge in [-0.25, -0.2) is 0 Å². The van der Waals surface area contributed by atoms with E-state index in [-0.39, 0.29) is 17.4 Å². The third-order valence-electron chi connectivity index (χ3n) is 3.01. The topological polar surface area (TPSA) is 42.0 Å². The van der Waals surface area contributed by atoms with Gasteiger partial charge in [-0.1, -0.05) is 20.3 Å². The Morgan fingerprint density at radius 2 is 2.00 bits per heavy atom. The molecule has 0 radical (unpaired) electrons. The monoisotopic (exact) mass is 234 g/mol. The molecule has 0 aliphatic rings. The van der Waals surface area contributed by atoms with Gasteiger partial charge in [0.1, 0.15) is 0 Å². The SMILES string of the molecule is CCCC(C)C(=O)NC(C)(C)c1ccncc1. The molecule has 1 unspecified atom stereocenters. The molecule has 0 fully saturated rings. The molecule has 1 N–H and O–H groups in total. The van der Waals surface area contributed by atoms with E-state index in [1.165, 1.54) is 0 Å². The molecule has 1 atom stereocenters. The van der Waals surface area contributed by atoms with Crippen molar-refractivity contribution in [2.24, 2.45) is 5.92 Å². The van der Waals surface area contributed by atoms with Gasteiger partial charge in [-0.2, -0.15) is 0 Å². The van der Waals surface area contributed by atoms with Crippen LogP contribution in [0.15, 0.2) is 24.5 Å². The number of hydrogen-bond acceptors (Lipinski definition) is 2. The summed E-state index contributed by atoms with van der Waals surface area (Å²) in [7, 11) is 0. The van der Waals surface area contributed by atoms with Crippen molar-refractivity contribution >= 4 is 5.91 Å². The van der Waals surface area contributed by atoms with Gasteiger partial charge >= 0.3 is 0 Å². The number of aromatic nitrogens is 1. The van der Waals surface area contributed by atoms with Crippen LogP contribution in [0.25, 0.3) is 0 Å². The maximum Gasteiger partial charge on any atom is 0.223 e. The van der Waals surface area contributed by atoms with E-state index in [2.05, 4.69) is 17.2 Å². The number of nitrogens with zero attached hydrogens (tertiary/aromatic N) is 1. The Balaban J connectivity index is 2.70. The molecule has 1 aromatic rings. The van der Waals surface area contributed by atoms with Crippen LogP contribution in [-0.2, 0) is 10.3 Å². The first-order chi connectivity index (χ1) is 7.97. The average Bonchev–Trinajstić information content (AvgIpc) is 2.30.